The summed E-state index contributed by atoms with van der Waals surface area (Å²) in [5.41, 5.74) is 0.295. The standard InChI is InChI=1S/C16H9F2NO2/c17-13-3-1-5-15-11(13)7-10(8-19-15)21-16-6-2-4-14(18)12(16)9-20/h1-9H. The van der Waals surface area contributed by atoms with E-state index in [0.29, 0.717) is 17.2 Å². The molecule has 3 rings (SSSR count). The van der Waals surface area contributed by atoms with E-state index < -0.39 is 11.6 Å². The molecule has 0 radical (unpaired) electrons. The molecule has 3 aromatic rings. The minimum Gasteiger partial charge on any atom is -0.455 e. The first-order valence-corrected chi connectivity index (χ1v) is 6.15. The Bertz CT molecular complexity index is 834. The lowest BCUT2D eigenvalue weighted by Crippen LogP contribution is -1.95. The maximum atomic E-state index is 13.7. The van der Waals surface area contributed by atoms with Gasteiger partial charge < -0.3 is 4.74 Å². The van der Waals surface area contributed by atoms with Gasteiger partial charge in [-0.2, -0.15) is 0 Å². The summed E-state index contributed by atoms with van der Waals surface area (Å²) in [5.74, 6) is -0.827. The Morgan fingerprint density at radius 2 is 1.81 bits per heavy atom. The number of ether oxygens (including phenoxy) is 1. The monoisotopic (exact) mass is 285 g/mol. The van der Waals surface area contributed by atoms with Crippen molar-refractivity contribution < 1.29 is 18.3 Å². The molecule has 21 heavy (non-hydrogen) atoms. The second kappa shape index (κ2) is 5.28. The largest absolute Gasteiger partial charge is 0.455 e. The summed E-state index contributed by atoms with van der Waals surface area (Å²) in [6, 6.07) is 10.0. The van der Waals surface area contributed by atoms with Crippen LogP contribution in [0.2, 0.25) is 0 Å². The lowest BCUT2D eigenvalue weighted by atomic mass is 10.2. The maximum Gasteiger partial charge on any atom is 0.156 e. The summed E-state index contributed by atoms with van der Waals surface area (Å²) in [6.07, 6.45) is 1.76. The second-order valence-electron chi connectivity index (χ2n) is 4.35. The van der Waals surface area contributed by atoms with Gasteiger partial charge in [0, 0.05) is 5.39 Å². The quantitative estimate of drug-likeness (QED) is 0.679. The number of fused-ring (bicyclic) bond motifs is 1. The Kier molecular flexibility index (Phi) is 3.31. The second-order valence-corrected chi connectivity index (χ2v) is 4.35. The third kappa shape index (κ3) is 2.45. The molecule has 0 aliphatic carbocycles. The Morgan fingerprint density at radius 3 is 2.62 bits per heavy atom. The van der Waals surface area contributed by atoms with Crippen molar-refractivity contribution in [2.75, 3.05) is 0 Å². The van der Waals surface area contributed by atoms with Crippen molar-refractivity contribution in [3.8, 4) is 11.5 Å². The third-order valence-corrected chi connectivity index (χ3v) is 3.01. The number of carbonyl (C=O) groups excluding carboxylic acids is 1. The summed E-state index contributed by atoms with van der Waals surface area (Å²) in [5, 5.41) is 0.291. The van der Waals surface area contributed by atoms with Crippen molar-refractivity contribution in [3.05, 3.63) is 65.9 Å². The van der Waals surface area contributed by atoms with E-state index in [-0.39, 0.29) is 17.1 Å². The normalized spacial score (nSPS) is 10.6. The van der Waals surface area contributed by atoms with E-state index in [1.807, 2.05) is 0 Å². The van der Waals surface area contributed by atoms with E-state index in [1.54, 1.807) is 12.1 Å². The molecule has 0 N–H and O–H groups in total. The molecule has 0 saturated heterocycles. The van der Waals surface area contributed by atoms with E-state index >= 15 is 0 Å². The number of hydrogen-bond acceptors (Lipinski definition) is 3. The molecule has 0 atom stereocenters. The van der Waals surface area contributed by atoms with Gasteiger partial charge in [-0.3, -0.25) is 9.78 Å². The van der Waals surface area contributed by atoms with Crippen molar-refractivity contribution in [1.29, 1.82) is 0 Å². The molecule has 0 aliphatic heterocycles. The molecule has 0 bridgehead atoms. The van der Waals surface area contributed by atoms with E-state index in [1.165, 1.54) is 30.5 Å². The van der Waals surface area contributed by atoms with Gasteiger partial charge in [0.15, 0.2) is 6.29 Å². The molecular formula is C16H9F2NO2. The van der Waals surface area contributed by atoms with Gasteiger partial charge in [-0.15, -0.1) is 0 Å². The van der Waals surface area contributed by atoms with Crippen LogP contribution in [-0.4, -0.2) is 11.3 Å². The average Bonchev–Trinajstić information content (AvgIpc) is 2.48. The molecule has 0 amide bonds. The third-order valence-electron chi connectivity index (χ3n) is 3.01. The highest BCUT2D eigenvalue weighted by atomic mass is 19.1. The first kappa shape index (κ1) is 13.2. The Balaban J connectivity index is 2.04. The highest BCUT2D eigenvalue weighted by Gasteiger charge is 2.10. The van der Waals surface area contributed by atoms with Crippen molar-refractivity contribution in [3.63, 3.8) is 0 Å². The predicted octanol–water partition coefficient (Wildman–Crippen LogP) is 4.12. The zero-order chi connectivity index (χ0) is 14.8. The van der Waals surface area contributed by atoms with E-state index in [0.717, 1.165) is 6.07 Å². The number of aldehydes is 1. The number of pyridine rings is 1. The van der Waals surface area contributed by atoms with Gasteiger partial charge in [0.2, 0.25) is 0 Å². The van der Waals surface area contributed by atoms with Crippen LogP contribution in [0.25, 0.3) is 10.9 Å². The van der Waals surface area contributed by atoms with E-state index in [2.05, 4.69) is 4.98 Å². The minimum absolute atomic E-state index is 0.0579. The van der Waals surface area contributed by atoms with Crippen LogP contribution in [0.4, 0.5) is 8.78 Å². The van der Waals surface area contributed by atoms with Crippen LogP contribution in [0.5, 0.6) is 11.5 Å². The zero-order valence-corrected chi connectivity index (χ0v) is 10.7. The van der Waals surface area contributed by atoms with Crippen molar-refractivity contribution in [1.82, 2.24) is 4.98 Å². The van der Waals surface area contributed by atoms with Crippen molar-refractivity contribution >= 4 is 17.2 Å². The number of rotatable bonds is 3. The molecule has 3 nitrogen and oxygen atoms in total. The van der Waals surface area contributed by atoms with Crippen LogP contribution in [0.3, 0.4) is 0 Å². The molecule has 0 saturated carbocycles. The molecule has 1 aromatic heterocycles. The Labute approximate surface area is 118 Å². The maximum absolute atomic E-state index is 13.7. The lowest BCUT2D eigenvalue weighted by Gasteiger charge is -2.09. The average molecular weight is 285 g/mol. The molecule has 0 fully saturated rings. The summed E-state index contributed by atoms with van der Waals surface area (Å²) in [6.45, 7) is 0. The van der Waals surface area contributed by atoms with E-state index in [9.17, 15) is 13.6 Å². The minimum atomic E-state index is -0.678. The number of carbonyl (C=O) groups is 1. The lowest BCUT2D eigenvalue weighted by molar-refractivity contribution is 0.111. The fourth-order valence-electron chi connectivity index (χ4n) is 2.00. The van der Waals surface area contributed by atoms with Crippen molar-refractivity contribution in [2.45, 2.75) is 0 Å². The Morgan fingerprint density at radius 1 is 1.05 bits per heavy atom. The first-order valence-electron chi connectivity index (χ1n) is 6.15. The molecule has 0 spiro atoms. The summed E-state index contributed by atoms with van der Waals surface area (Å²) >= 11 is 0. The van der Waals surface area contributed by atoms with Gasteiger partial charge in [-0.1, -0.05) is 12.1 Å². The van der Waals surface area contributed by atoms with Crippen LogP contribution in [0.1, 0.15) is 10.4 Å². The summed E-state index contributed by atoms with van der Waals surface area (Å²) < 4.78 is 32.6. The van der Waals surface area contributed by atoms with Crippen molar-refractivity contribution in [2.24, 2.45) is 0 Å². The number of halogens is 2. The predicted molar refractivity (Wildman–Crippen MR) is 73.6 cm³/mol. The van der Waals surface area contributed by atoms with Gasteiger partial charge in [-0.25, -0.2) is 8.78 Å². The molecular weight excluding hydrogens is 276 g/mol. The number of aromatic nitrogens is 1. The molecule has 5 heteroatoms. The van der Waals surface area contributed by atoms with Gasteiger partial charge >= 0.3 is 0 Å². The number of benzene rings is 2. The van der Waals surface area contributed by atoms with Gasteiger partial charge in [0.25, 0.3) is 0 Å². The molecule has 1 heterocycles. The SMILES string of the molecule is O=Cc1c(F)cccc1Oc1cnc2cccc(F)c2c1. The van der Waals surface area contributed by atoms with Gasteiger partial charge in [-0.05, 0) is 30.3 Å². The number of nitrogens with zero attached hydrogens (tertiary/aromatic N) is 1. The van der Waals surface area contributed by atoms with Crippen LogP contribution < -0.4 is 4.74 Å². The molecule has 0 unspecified atom stereocenters. The van der Waals surface area contributed by atoms with Gasteiger partial charge in [0.05, 0.1) is 17.3 Å². The van der Waals surface area contributed by atoms with Crippen LogP contribution in [-0.2, 0) is 0 Å². The zero-order valence-electron chi connectivity index (χ0n) is 10.7. The topological polar surface area (TPSA) is 39.2 Å². The molecule has 0 aliphatic rings. The van der Waals surface area contributed by atoms with E-state index in [4.69, 9.17) is 4.74 Å². The number of hydrogen-bond donors (Lipinski definition) is 0. The summed E-state index contributed by atoms with van der Waals surface area (Å²) in [4.78, 5) is 15.0. The smallest absolute Gasteiger partial charge is 0.156 e. The Hall–Kier alpha value is -2.82. The highest BCUT2D eigenvalue weighted by molar-refractivity contribution is 5.81. The fourth-order valence-corrected chi connectivity index (χ4v) is 2.00. The fraction of sp³-hybridized carbons (Fsp3) is 0. The van der Waals surface area contributed by atoms with Crippen LogP contribution >= 0.6 is 0 Å². The first-order chi connectivity index (χ1) is 10.2. The van der Waals surface area contributed by atoms with Crippen LogP contribution in [0.15, 0.2) is 48.7 Å². The van der Waals surface area contributed by atoms with Gasteiger partial charge in [0.1, 0.15) is 23.1 Å². The highest BCUT2D eigenvalue weighted by Crippen LogP contribution is 2.28. The summed E-state index contributed by atoms with van der Waals surface area (Å²) in [7, 11) is 0. The molecule has 2 aromatic carbocycles. The van der Waals surface area contributed by atoms with Crippen LogP contribution in [0, 0.1) is 11.6 Å². The molecule has 104 valence electrons.